The van der Waals surface area contributed by atoms with Crippen LogP contribution in [0.4, 0.5) is 5.82 Å². The average molecular weight is 386 g/mol. The number of amides is 1. The summed E-state index contributed by atoms with van der Waals surface area (Å²) >= 11 is 0. The number of methoxy groups -OCH3 is 1. The van der Waals surface area contributed by atoms with Gasteiger partial charge in [-0.05, 0) is 47.9 Å². The average Bonchev–Trinajstić information content (AvgIpc) is 3.27. The summed E-state index contributed by atoms with van der Waals surface area (Å²) in [4.78, 5) is 12.3. The monoisotopic (exact) mass is 386 g/mol. The molecule has 3 N–H and O–H groups in total. The highest BCUT2D eigenvalue weighted by Crippen LogP contribution is 2.27. The second-order valence-electron chi connectivity index (χ2n) is 5.45. The van der Waals surface area contributed by atoms with Crippen molar-refractivity contribution in [3.05, 3.63) is 35.2 Å². The lowest BCUT2D eigenvalue weighted by Gasteiger charge is -2.09. The summed E-state index contributed by atoms with van der Waals surface area (Å²) in [6.45, 7) is 4.00. The summed E-state index contributed by atoms with van der Waals surface area (Å²) < 4.78 is 16.5. The highest BCUT2D eigenvalue weighted by atomic mass is 16.6. The van der Waals surface area contributed by atoms with Gasteiger partial charge in [0.15, 0.2) is 17.2 Å². The van der Waals surface area contributed by atoms with Gasteiger partial charge in [0.1, 0.15) is 0 Å². The van der Waals surface area contributed by atoms with Crippen molar-refractivity contribution < 1.29 is 18.9 Å². The standard InChI is InChI=1S/C16H18N8O4/c1-4-27-12-7-10(5-6-11(12)26-3)8-18-20-16(25)13-9(2)24(23-19-13)15-14(17)21-28-22-15/h5-8H,4H2,1-3H3,(H2,17,21)(H,20,25). The summed E-state index contributed by atoms with van der Waals surface area (Å²) in [5.74, 6) is 0.820. The van der Waals surface area contributed by atoms with E-state index < -0.39 is 5.91 Å². The molecular weight excluding hydrogens is 368 g/mol. The molecule has 0 aliphatic carbocycles. The number of benzene rings is 1. The molecular formula is C16H18N8O4. The Hall–Kier alpha value is -3.96. The van der Waals surface area contributed by atoms with E-state index in [1.54, 1.807) is 32.2 Å². The summed E-state index contributed by atoms with van der Waals surface area (Å²) in [5, 5.41) is 18.7. The van der Waals surface area contributed by atoms with E-state index in [0.29, 0.717) is 29.4 Å². The predicted molar refractivity (Wildman–Crippen MR) is 97.6 cm³/mol. The molecule has 3 aromatic rings. The molecule has 0 atom stereocenters. The van der Waals surface area contributed by atoms with Crippen molar-refractivity contribution in [1.29, 1.82) is 0 Å². The Morgan fingerprint density at radius 1 is 1.39 bits per heavy atom. The zero-order valence-corrected chi connectivity index (χ0v) is 15.4. The lowest BCUT2D eigenvalue weighted by molar-refractivity contribution is 0.0949. The first-order chi connectivity index (χ1) is 13.5. The normalized spacial score (nSPS) is 11.0. The van der Waals surface area contributed by atoms with Crippen molar-refractivity contribution in [3.63, 3.8) is 0 Å². The molecule has 0 spiro atoms. The number of ether oxygens (including phenoxy) is 2. The van der Waals surface area contributed by atoms with E-state index in [4.69, 9.17) is 15.2 Å². The first-order valence-corrected chi connectivity index (χ1v) is 8.20. The number of nitrogens with zero attached hydrogens (tertiary/aromatic N) is 6. The largest absolute Gasteiger partial charge is 0.493 e. The molecule has 0 aliphatic heterocycles. The summed E-state index contributed by atoms with van der Waals surface area (Å²) in [5.41, 5.74) is 9.19. The van der Waals surface area contributed by atoms with Gasteiger partial charge < -0.3 is 15.2 Å². The highest BCUT2D eigenvalue weighted by Gasteiger charge is 2.20. The number of rotatable bonds is 7. The minimum absolute atomic E-state index is 0.0302. The Morgan fingerprint density at radius 3 is 2.89 bits per heavy atom. The van der Waals surface area contributed by atoms with Crippen LogP contribution in [0.1, 0.15) is 28.7 Å². The Balaban J connectivity index is 1.72. The van der Waals surface area contributed by atoms with Crippen molar-refractivity contribution in [2.24, 2.45) is 5.10 Å². The van der Waals surface area contributed by atoms with Gasteiger partial charge in [-0.15, -0.1) is 5.10 Å². The molecule has 0 bridgehead atoms. The van der Waals surface area contributed by atoms with Crippen molar-refractivity contribution in [3.8, 4) is 17.3 Å². The maximum atomic E-state index is 12.3. The van der Waals surface area contributed by atoms with E-state index in [1.165, 1.54) is 10.9 Å². The molecule has 0 unspecified atom stereocenters. The van der Waals surface area contributed by atoms with E-state index in [0.717, 1.165) is 0 Å². The summed E-state index contributed by atoms with van der Waals surface area (Å²) in [6, 6.07) is 5.28. The van der Waals surface area contributed by atoms with Crippen LogP contribution in [-0.2, 0) is 0 Å². The van der Waals surface area contributed by atoms with Gasteiger partial charge >= 0.3 is 0 Å². The molecule has 2 heterocycles. The van der Waals surface area contributed by atoms with Gasteiger partial charge in [0.05, 0.1) is 25.6 Å². The van der Waals surface area contributed by atoms with Crippen LogP contribution in [0.25, 0.3) is 5.82 Å². The van der Waals surface area contributed by atoms with Crippen LogP contribution in [0.5, 0.6) is 11.5 Å². The van der Waals surface area contributed by atoms with Crippen molar-refractivity contribution in [2.75, 3.05) is 19.5 Å². The number of hydrazone groups is 1. The van der Waals surface area contributed by atoms with Gasteiger partial charge in [0.25, 0.3) is 5.91 Å². The zero-order valence-electron chi connectivity index (χ0n) is 15.4. The van der Waals surface area contributed by atoms with Crippen LogP contribution < -0.4 is 20.6 Å². The number of carbonyl (C=O) groups excluding carboxylic acids is 1. The van der Waals surface area contributed by atoms with Crippen LogP contribution in [-0.4, -0.2) is 51.1 Å². The summed E-state index contributed by atoms with van der Waals surface area (Å²) in [6.07, 6.45) is 1.47. The van der Waals surface area contributed by atoms with E-state index in [2.05, 4.69) is 35.8 Å². The fourth-order valence-corrected chi connectivity index (χ4v) is 2.34. The zero-order chi connectivity index (χ0) is 20.1. The SMILES string of the molecule is CCOc1cc(C=NNC(=O)c2nnn(-c3nonc3N)c2C)ccc1OC. The third kappa shape index (κ3) is 3.75. The maximum absolute atomic E-state index is 12.3. The molecule has 12 heteroatoms. The van der Waals surface area contributed by atoms with Crippen LogP contribution >= 0.6 is 0 Å². The Labute approximate surface area is 159 Å². The van der Waals surface area contributed by atoms with Crippen molar-refractivity contribution in [1.82, 2.24) is 30.7 Å². The summed E-state index contributed by atoms with van der Waals surface area (Å²) in [7, 11) is 1.56. The molecule has 0 radical (unpaired) electrons. The minimum Gasteiger partial charge on any atom is -0.493 e. The van der Waals surface area contributed by atoms with Gasteiger partial charge in [-0.3, -0.25) is 4.79 Å². The number of nitrogens with two attached hydrogens (primary N) is 1. The topological polar surface area (TPSA) is 156 Å². The van der Waals surface area contributed by atoms with E-state index in [1.807, 2.05) is 6.92 Å². The van der Waals surface area contributed by atoms with Crippen LogP contribution in [0.2, 0.25) is 0 Å². The van der Waals surface area contributed by atoms with Crippen molar-refractivity contribution >= 4 is 17.9 Å². The van der Waals surface area contributed by atoms with Crippen LogP contribution in [0, 0.1) is 6.92 Å². The number of aromatic nitrogens is 5. The Bertz CT molecular complexity index is 1010. The highest BCUT2D eigenvalue weighted by molar-refractivity contribution is 5.94. The van der Waals surface area contributed by atoms with Crippen molar-refractivity contribution in [2.45, 2.75) is 13.8 Å². The number of hydrogen-bond donors (Lipinski definition) is 2. The van der Waals surface area contributed by atoms with Gasteiger partial charge in [-0.25, -0.2) is 10.1 Å². The first-order valence-electron chi connectivity index (χ1n) is 8.20. The Kier molecular flexibility index (Phi) is 5.48. The number of nitrogen functional groups attached to an aromatic ring is 1. The Morgan fingerprint density at radius 2 is 2.21 bits per heavy atom. The minimum atomic E-state index is -0.548. The molecule has 146 valence electrons. The third-order valence-electron chi connectivity index (χ3n) is 3.67. The number of anilines is 1. The van der Waals surface area contributed by atoms with Gasteiger partial charge in [-0.2, -0.15) is 9.78 Å². The van der Waals surface area contributed by atoms with Crippen LogP contribution in [0.15, 0.2) is 27.9 Å². The molecule has 0 aliphatic rings. The molecule has 0 saturated carbocycles. The molecule has 0 fully saturated rings. The predicted octanol–water partition coefficient (Wildman–Crippen LogP) is 0.712. The number of carbonyl (C=O) groups is 1. The first kappa shape index (κ1) is 18.8. The fourth-order valence-electron chi connectivity index (χ4n) is 2.34. The molecule has 1 amide bonds. The molecule has 2 aromatic heterocycles. The lowest BCUT2D eigenvalue weighted by Crippen LogP contribution is -2.19. The third-order valence-corrected chi connectivity index (χ3v) is 3.67. The van der Waals surface area contributed by atoms with E-state index >= 15 is 0 Å². The number of hydrogen-bond acceptors (Lipinski definition) is 10. The second kappa shape index (κ2) is 8.16. The quantitative estimate of drug-likeness (QED) is 0.441. The molecule has 0 saturated heterocycles. The molecule has 1 aromatic carbocycles. The van der Waals surface area contributed by atoms with E-state index in [9.17, 15) is 4.79 Å². The second-order valence-corrected chi connectivity index (χ2v) is 5.45. The van der Waals surface area contributed by atoms with Crippen LogP contribution in [0.3, 0.4) is 0 Å². The molecule has 3 rings (SSSR count). The van der Waals surface area contributed by atoms with E-state index in [-0.39, 0.29) is 17.3 Å². The fraction of sp³-hybridized carbons (Fsp3) is 0.250. The van der Waals surface area contributed by atoms with Gasteiger partial charge in [-0.1, -0.05) is 5.21 Å². The lowest BCUT2D eigenvalue weighted by atomic mass is 10.2. The smallest absolute Gasteiger partial charge is 0.293 e. The molecule has 28 heavy (non-hydrogen) atoms. The molecule has 12 nitrogen and oxygen atoms in total. The van der Waals surface area contributed by atoms with Gasteiger partial charge in [0.2, 0.25) is 11.6 Å². The maximum Gasteiger partial charge on any atom is 0.293 e. The number of nitrogens with one attached hydrogen (secondary N) is 1. The van der Waals surface area contributed by atoms with Gasteiger partial charge in [0, 0.05) is 0 Å².